The Hall–Kier alpha value is -2.72. The molecule has 0 spiro atoms. The van der Waals surface area contributed by atoms with Gasteiger partial charge in [-0.3, -0.25) is 4.40 Å². The van der Waals surface area contributed by atoms with E-state index in [0.29, 0.717) is 16.9 Å². The number of sulfone groups is 1. The maximum atomic E-state index is 14.1. The molecule has 3 rings (SSSR count). The summed E-state index contributed by atoms with van der Waals surface area (Å²) >= 11 is 0. The number of hydrogen-bond donors (Lipinski definition) is 2. The molecular weight excluding hydrogens is 411 g/mol. The van der Waals surface area contributed by atoms with Crippen molar-refractivity contribution in [1.82, 2.24) is 14.4 Å². The smallest absolute Gasteiger partial charge is 0.215 e. The number of aromatic nitrogens is 3. The van der Waals surface area contributed by atoms with Crippen LogP contribution in [-0.2, 0) is 9.84 Å². The highest BCUT2D eigenvalue weighted by molar-refractivity contribution is 7.92. The van der Waals surface area contributed by atoms with Crippen molar-refractivity contribution in [2.75, 3.05) is 19.0 Å². The summed E-state index contributed by atoms with van der Waals surface area (Å²) in [4.78, 5) is 8.10. The van der Waals surface area contributed by atoms with Crippen molar-refractivity contribution in [2.45, 2.75) is 43.4 Å². The Morgan fingerprint density at radius 1 is 1.30 bits per heavy atom. The third-order valence-corrected chi connectivity index (χ3v) is 7.06. The largest absolute Gasteiger partial charge is 0.495 e. The normalized spacial score (nSPS) is 13.4. The first kappa shape index (κ1) is 22.0. The van der Waals surface area contributed by atoms with Crippen molar-refractivity contribution in [3.8, 4) is 17.0 Å². The number of anilines is 1. The number of halogens is 1. The fourth-order valence-electron chi connectivity index (χ4n) is 2.88. The number of ether oxygens (including phenoxy) is 1. The van der Waals surface area contributed by atoms with Crippen LogP contribution in [0.5, 0.6) is 5.75 Å². The van der Waals surface area contributed by atoms with Crippen LogP contribution in [0.2, 0.25) is 0 Å². The summed E-state index contributed by atoms with van der Waals surface area (Å²) in [6.45, 7) is 6.63. The van der Waals surface area contributed by atoms with Crippen LogP contribution in [0.4, 0.5) is 10.2 Å². The molecule has 3 heterocycles. The van der Waals surface area contributed by atoms with Gasteiger partial charge in [0.05, 0.1) is 29.9 Å². The minimum absolute atomic E-state index is 0.0197. The van der Waals surface area contributed by atoms with Crippen LogP contribution < -0.4 is 10.1 Å². The van der Waals surface area contributed by atoms with Gasteiger partial charge in [-0.25, -0.2) is 18.4 Å². The molecule has 30 heavy (non-hydrogen) atoms. The van der Waals surface area contributed by atoms with E-state index in [4.69, 9.17) is 4.74 Å². The van der Waals surface area contributed by atoms with Gasteiger partial charge >= 0.3 is 0 Å². The van der Waals surface area contributed by atoms with Gasteiger partial charge in [0.1, 0.15) is 22.1 Å². The summed E-state index contributed by atoms with van der Waals surface area (Å²) in [5, 5.41) is 12.3. The number of rotatable bonds is 6. The van der Waals surface area contributed by atoms with E-state index in [1.165, 1.54) is 31.6 Å². The number of aliphatic hydroxyl groups excluding tert-OH is 1. The van der Waals surface area contributed by atoms with Crippen LogP contribution in [0.25, 0.3) is 16.9 Å². The third kappa shape index (κ3) is 4.10. The molecule has 8 nitrogen and oxygen atoms in total. The Bertz CT molecular complexity index is 1180. The van der Waals surface area contributed by atoms with E-state index < -0.39 is 26.6 Å². The molecule has 3 aromatic rings. The lowest BCUT2D eigenvalue weighted by Crippen LogP contribution is -2.28. The molecule has 0 fully saturated rings. The van der Waals surface area contributed by atoms with Gasteiger partial charge in [0, 0.05) is 30.4 Å². The van der Waals surface area contributed by atoms with E-state index in [-0.39, 0.29) is 23.0 Å². The molecule has 0 aromatic carbocycles. The Balaban J connectivity index is 2.19. The van der Waals surface area contributed by atoms with Crippen LogP contribution in [-0.4, -0.2) is 52.4 Å². The second-order valence-electron chi connectivity index (χ2n) is 7.99. The van der Waals surface area contributed by atoms with E-state index in [9.17, 15) is 17.9 Å². The standard InChI is InChI=1S/C20H25FN4O4S/c1-12(26)9-22-18-7-13(6-17(21)24-18)14-10-23-19-8-15(29-5)16(11-25(14)19)30(27,28)20(2,3)4/h6-8,10-12,26H,9H2,1-5H3,(H,22,24)/t12-/m0/s1. The second kappa shape index (κ2) is 7.84. The van der Waals surface area contributed by atoms with Crippen LogP contribution in [0, 0.1) is 5.95 Å². The monoisotopic (exact) mass is 436 g/mol. The molecule has 2 N–H and O–H groups in total. The van der Waals surface area contributed by atoms with Gasteiger partial charge < -0.3 is 15.2 Å². The SMILES string of the molecule is COc1cc2ncc(-c3cc(F)nc(NC[C@H](C)O)c3)n2cc1S(=O)(=O)C(C)(C)C. The Morgan fingerprint density at radius 2 is 2.00 bits per heavy atom. The van der Waals surface area contributed by atoms with Gasteiger partial charge in [0.15, 0.2) is 9.84 Å². The van der Waals surface area contributed by atoms with Crippen LogP contribution in [0.1, 0.15) is 27.7 Å². The molecule has 0 amide bonds. The van der Waals surface area contributed by atoms with Gasteiger partial charge in [-0.2, -0.15) is 4.39 Å². The number of pyridine rings is 2. The maximum Gasteiger partial charge on any atom is 0.215 e. The van der Waals surface area contributed by atoms with Gasteiger partial charge in [0.2, 0.25) is 5.95 Å². The Morgan fingerprint density at radius 3 is 2.60 bits per heavy atom. The summed E-state index contributed by atoms with van der Waals surface area (Å²) in [6, 6.07) is 4.38. The molecular formula is C20H25FN4O4S. The van der Waals surface area contributed by atoms with E-state index in [1.807, 2.05) is 0 Å². The minimum Gasteiger partial charge on any atom is -0.495 e. The van der Waals surface area contributed by atoms with Gasteiger partial charge in [-0.05, 0) is 33.8 Å². The quantitative estimate of drug-likeness (QED) is 0.572. The summed E-state index contributed by atoms with van der Waals surface area (Å²) in [5.74, 6) is -0.279. The summed E-state index contributed by atoms with van der Waals surface area (Å²) in [6.07, 6.45) is 2.33. The molecule has 0 saturated heterocycles. The average Bonchev–Trinajstić information content (AvgIpc) is 3.07. The zero-order valence-electron chi connectivity index (χ0n) is 17.5. The molecule has 0 bridgehead atoms. The lowest BCUT2D eigenvalue weighted by molar-refractivity contribution is 0.208. The highest BCUT2D eigenvalue weighted by Crippen LogP contribution is 2.34. The van der Waals surface area contributed by atoms with Crippen molar-refractivity contribution in [1.29, 1.82) is 0 Å². The van der Waals surface area contributed by atoms with Crippen molar-refractivity contribution in [3.63, 3.8) is 0 Å². The molecule has 0 aliphatic carbocycles. The number of aliphatic hydroxyl groups is 1. The molecule has 0 aliphatic rings. The highest BCUT2D eigenvalue weighted by atomic mass is 32.2. The first-order valence-corrected chi connectivity index (χ1v) is 10.8. The number of fused-ring (bicyclic) bond motifs is 1. The third-order valence-electron chi connectivity index (χ3n) is 4.56. The van der Waals surface area contributed by atoms with Gasteiger partial charge in [-0.15, -0.1) is 0 Å². The van der Waals surface area contributed by atoms with E-state index in [1.54, 1.807) is 38.2 Å². The van der Waals surface area contributed by atoms with Crippen molar-refractivity contribution in [2.24, 2.45) is 0 Å². The molecule has 0 saturated carbocycles. The molecule has 10 heteroatoms. The Kier molecular flexibility index (Phi) is 5.74. The van der Waals surface area contributed by atoms with E-state index in [0.717, 1.165) is 0 Å². The van der Waals surface area contributed by atoms with Crippen molar-refractivity contribution >= 4 is 21.3 Å². The van der Waals surface area contributed by atoms with E-state index in [2.05, 4.69) is 15.3 Å². The molecule has 1 atom stereocenters. The van der Waals surface area contributed by atoms with Gasteiger partial charge in [-0.1, -0.05) is 0 Å². The lowest BCUT2D eigenvalue weighted by Gasteiger charge is -2.21. The van der Waals surface area contributed by atoms with Crippen LogP contribution >= 0.6 is 0 Å². The predicted octanol–water partition coefficient (Wildman–Crippen LogP) is 2.91. The Labute approximate surface area is 174 Å². The molecule has 3 aromatic heterocycles. The predicted molar refractivity (Wildman–Crippen MR) is 112 cm³/mol. The summed E-state index contributed by atoms with van der Waals surface area (Å²) < 4.78 is 46.1. The summed E-state index contributed by atoms with van der Waals surface area (Å²) in [5.41, 5.74) is 1.39. The lowest BCUT2D eigenvalue weighted by atomic mass is 10.2. The highest BCUT2D eigenvalue weighted by Gasteiger charge is 2.34. The zero-order chi connectivity index (χ0) is 22.3. The zero-order valence-corrected chi connectivity index (χ0v) is 18.3. The molecule has 162 valence electrons. The topological polar surface area (TPSA) is 106 Å². The molecule has 0 unspecified atom stereocenters. The number of nitrogens with zero attached hydrogens (tertiary/aromatic N) is 3. The number of hydrogen-bond acceptors (Lipinski definition) is 7. The first-order valence-electron chi connectivity index (χ1n) is 9.33. The minimum atomic E-state index is -3.72. The van der Waals surface area contributed by atoms with E-state index >= 15 is 0 Å². The van der Waals surface area contributed by atoms with Crippen LogP contribution in [0.3, 0.4) is 0 Å². The van der Waals surface area contributed by atoms with Gasteiger partial charge in [0.25, 0.3) is 0 Å². The summed E-state index contributed by atoms with van der Waals surface area (Å²) in [7, 11) is -2.32. The number of methoxy groups -OCH3 is 1. The second-order valence-corrected chi connectivity index (χ2v) is 10.7. The number of imidazole rings is 1. The first-order chi connectivity index (χ1) is 13.9. The van der Waals surface area contributed by atoms with Crippen molar-refractivity contribution < 1.29 is 22.7 Å². The maximum absolute atomic E-state index is 14.1. The molecule has 0 radical (unpaired) electrons. The molecule has 0 aliphatic heterocycles. The number of nitrogens with one attached hydrogen (secondary N) is 1. The fourth-order valence-corrected chi connectivity index (χ4v) is 4.19. The average molecular weight is 437 g/mol. The van der Waals surface area contributed by atoms with Crippen LogP contribution in [0.15, 0.2) is 35.5 Å². The van der Waals surface area contributed by atoms with Crippen molar-refractivity contribution in [3.05, 3.63) is 36.5 Å². The fraction of sp³-hybridized carbons (Fsp3) is 0.400.